The number of hydrogen-bond acceptors (Lipinski definition) is 7. The van der Waals surface area contributed by atoms with Gasteiger partial charge in [-0.05, 0) is 11.6 Å². The van der Waals surface area contributed by atoms with Crippen molar-refractivity contribution in [2.24, 2.45) is 0 Å². The summed E-state index contributed by atoms with van der Waals surface area (Å²) in [4.78, 5) is 37.3. The number of amides is 1. The Hall–Kier alpha value is -5.49. The minimum absolute atomic E-state index is 0.0612. The molecule has 180 valence electrons. The van der Waals surface area contributed by atoms with Crippen molar-refractivity contribution in [2.45, 2.75) is 0 Å². The second-order valence-electron chi connectivity index (χ2n) is 7.93. The molecule has 5 rings (SSSR count). The molecule has 0 saturated carbocycles. The maximum atomic E-state index is 12.7. The molecule has 9 nitrogen and oxygen atoms in total. The van der Waals surface area contributed by atoms with Gasteiger partial charge in [-0.1, -0.05) is 78.9 Å². The lowest BCUT2D eigenvalue weighted by Crippen LogP contribution is -2.22. The molecule has 0 unspecified atom stereocenters. The van der Waals surface area contributed by atoms with E-state index >= 15 is 0 Å². The highest BCUT2D eigenvalue weighted by Gasteiger charge is 2.25. The lowest BCUT2D eigenvalue weighted by Gasteiger charge is -2.06. The number of ether oxygens (including phenoxy) is 1. The molecule has 0 saturated heterocycles. The Kier molecular flexibility index (Phi) is 6.30. The fourth-order valence-corrected chi connectivity index (χ4v) is 3.93. The number of carbonyl (C=O) groups is 2. The Morgan fingerprint density at radius 2 is 1.54 bits per heavy atom. The summed E-state index contributed by atoms with van der Waals surface area (Å²) in [6.45, 7) is -0.666. The van der Waals surface area contributed by atoms with Crippen molar-refractivity contribution < 1.29 is 18.7 Å². The van der Waals surface area contributed by atoms with E-state index in [9.17, 15) is 19.6 Å². The number of nitrogens with one attached hydrogen (secondary N) is 2. The molecule has 5 aromatic rings. The first-order valence-corrected chi connectivity index (χ1v) is 11.2. The summed E-state index contributed by atoms with van der Waals surface area (Å²) < 4.78 is 11.1. The Morgan fingerprint density at radius 1 is 0.919 bits per heavy atom. The highest BCUT2D eigenvalue weighted by atomic mass is 16.5. The van der Waals surface area contributed by atoms with Crippen molar-refractivity contribution in [1.82, 2.24) is 10.2 Å². The monoisotopic (exact) mass is 490 g/mol. The van der Waals surface area contributed by atoms with Gasteiger partial charge in [0.05, 0.1) is 5.39 Å². The van der Waals surface area contributed by atoms with Crippen LogP contribution in [0.1, 0.15) is 16.1 Å². The fourth-order valence-electron chi connectivity index (χ4n) is 3.93. The largest absolute Gasteiger partial charge is 0.451 e. The van der Waals surface area contributed by atoms with Gasteiger partial charge < -0.3 is 9.15 Å². The van der Waals surface area contributed by atoms with Crippen LogP contribution < -0.4 is 10.9 Å². The smallest absolute Gasteiger partial charge is 0.359 e. The molecule has 0 aliphatic rings. The molecule has 0 spiro atoms. The quantitative estimate of drug-likeness (QED) is 0.334. The summed E-state index contributed by atoms with van der Waals surface area (Å²) in [5, 5.41) is 19.1. The molecular formula is C28H18N4O5. The van der Waals surface area contributed by atoms with Gasteiger partial charge in [-0.15, -0.1) is 0 Å². The Balaban J connectivity index is 1.41. The van der Waals surface area contributed by atoms with Gasteiger partial charge in [-0.3, -0.25) is 14.9 Å². The van der Waals surface area contributed by atoms with Gasteiger partial charge in [0.15, 0.2) is 12.3 Å². The van der Waals surface area contributed by atoms with Crippen LogP contribution in [0.4, 0.5) is 5.88 Å². The van der Waals surface area contributed by atoms with Crippen molar-refractivity contribution in [3.05, 3.63) is 107 Å². The predicted molar refractivity (Wildman–Crippen MR) is 136 cm³/mol. The minimum Gasteiger partial charge on any atom is -0.451 e. The van der Waals surface area contributed by atoms with Gasteiger partial charge in [0.25, 0.3) is 11.5 Å². The molecule has 37 heavy (non-hydrogen) atoms. The van der Waals surface area contributed by atoms with Gasteiger partial charge in [0.1, 0.15) is 17.4 Å². The number of esters is 1. The Morgan fingerprint density at radius 3 is 2.22 bits per heavy atom. The summed E-state index contributed by atoms with van der Waals surface area (Å²) >= 11 is 0. The fraction of sp³-hybridized carbons (Fsp3) is 0.0357. The number of anilines is 1. The molecule has 0 fully saturated rings. The third-order valence-corrected chi connectivity index (χ3v) is 5.60. The normalized spacial score (nSPS) is 10.6. The van der Waals surface area contributed by atoms with Crippen molar-refractivity contribution >= 4 is 28.5 Å². The van der Waals surface area contributed by atoms with Crippen LogP contribution in [0.5, 0.6) is 0 Å². The van der Waals surface area contributed by atoms with E-state index in [0.717, 1.165) is 11.1 Å². The van der Waals surface area contributed by atoms with Crippen LogP contribution in [0.2, 0.25) is 0 Å². The van der Waals surface area contributed by atoms with E-state index in [2.05, 4.69) is 21.6 Å². The van der Waals surface area contributed by atoms with Crippen molar-refractivity contribution in [2.75, 3.05) is 11.9 Å². The molecule has 2 heterocycles. The van der Waals surface area contributed by atoms with Gasteiger partial charge in [0, 0.05) is 16.5 Å². The number of nitriles is 1. The zero-order valence-corrected chi connectivity index (χ0v) is 19.2. The SMILES string of the molecule is N#Cc1c(NC(=O)COC(=O)c2n[nH]c(=O)c3ccccc23)oc(-c2ccccc2)c1-c1ccccc1. The van der Waals surface area contributed by atoms with Crippen LogP contribution in [0.3, 0.4) is 0 Å². The molecule has 0 radical (unpaired) electrons. The van der Waals surface area contributed by atoms with E-state index in [1.54, 1.807) is 24.3 Å². The zero-order chi connectivity index (χ0) is 25.8. The first-order chi connectivity index (χ1) is 18.1. The average Bonchev–Trinajstić information content (AvgIpc) is 3.31. The van der Waals surface area contributed by atoms with E-state index in [1.807, 2.05) is 60.7 Å². The van der Waals surface area contributed by atoms with E-state index in [-0.39, 0.29) is 22.5 Å². The number of rotatable bonds is 6. The third kappa shape index (κ3) is 4.59. The second-order valence-corrected chi connectivity index (χ2v) is 7.93. The molecule has 9 heteroatoms. The molecular weight excluding hydrogens is 472 g/mol. The van der Waals surface area contributed by atoms with Crippen LogP contribution in [0, 0.1) is 11.3 Å². The Labute approximate surface area is 209 Å². The van der Waals surface area contributed by atoms with Gasteiger partial charge >= 0.3 is 5.97 Å². The van der Waals surface area contributed by atoms with Gasteiger partial charge in [0.2, 0.25) is 5.88 Å². The van der Waals surface area contributed by atoms with Crippen molar-refractivity contribution in [1.29, 1.82) is 5.26 Å². The molecule has 0 aliphatic heterocycles. The van der Waals surface area contributed by atoms with Crippen LogP contribution >= 0.6 is 0 Å². The van der Waals surface area contributed by atoms with Gasteiger partial charge in [-0.25, -0.2) is 9.89 Å². The summed E-state index contributed by atoms with van der Waals surface area (Å²) in [7, 11) is 0. The van der Waals surface area contributed by atoms with E-state index in [4.69, 9.17) is 9.15 Å². The zero-order valence-electron chi connectivity index (χ0n) is 19.2. The lowest BCUT2D eigenvalue weighted by atomic mass is 9.98. The van der Waals surface area contributed by atoms with E-state index < -0.39 is 24.0 Å². The molecule has 0 bridgehead atoms. The molecule has 0 atom stereocenters. The lowest BCUT2D eigenvalue weighted by molar-refractivity contribution is -0.119. The summed E-state index contributed by atoms with van der Waals surface area (Å²) in [5.74, 6) is -1.25. The molecule has 2 aromatic heterocycles. The number of H-pyrrole nitrogens is 1. The number of furan rings is 1. The number of nitrogens with zero attached hydrogens (tertiary/aromatic N) is 2. The molecule has 3 aromatic carbocycles. The summed E-state index contributed by atoms with van der Waals surface area (Å²) in [6, 6.07) is 27.0. The predicted octanol–water partition coefficient (Wildman–Crippen LogP) is 4.52. The van der Waals surface area contributed by atoms with Crippen LogP contribution in [0.15, 0.2) is 94.1 Å². The highest BCUT2D eigenvalue weighted by molar-refractivity contribution is 6.03. The third-order valence-electron chi connectivity index (χ3n) is 5.60. The maximum Gasteiger partial charge on any atom is 0.359 e. The average molecular weight is 490 g/mol. The summed E-state index contributed by atoms with van der Waals surface area (Å²) in [6.07, 6.45) is 0. The number of hydrogen-bond donors (Lipinski definition) is 2. The second kappa shape index (κ2) is 10.0. The minimum atomic E-state index is -0.891. The Bertz CT molecular complexity index is 1720. The molecule has 2 N–H and O–H groups in total. The van der Waals surface area contributed by atoms with Crippen molar-refractivity contribution in [3.8, 4) is 28.5 Å². The summed E-state index contributed by atoms with van der Waals surface area (Å²) in [5.41, 5.74) is 1.56. The number of fused-ring (bicyclic) bond motifs is 1. The number of aromatic nitrogens is 2. The van der Waals surface area contributed by atoms with Gasteiger partial charge in [-0.2, -0.15) is 10.4 Å². The highest BCUT2D eigenvalue weighted by Crippen LogP contribution is 2.41. The van der Waals surface area contributed by atoms with E-state index in [0.29, 0.717) is 16.7 Å². The topological polar surface area (TPSA) is 138 Å². The maximum absolute atomic E-state index is 12.7. The van der Waals surface area contributed by atoms with E-state index in [1.165, 1.54) is 0 Å². The van der Waals surface area contributed by atoms with Crippen LogP contribution in [-0.4, -0.2) is 28.7 Å². The first-order valence-electron chi connectivity index (χ1n) is 11.2. The van der Waals surface area contributed by atoms with Crippen LogP contribution in [-0.2, 0) is 9.53 Å². The van der Waals surface area contributed by atoms with Crippen molar-refractivity contribution in [3.63, 3.8) is 0 Å². The molecule has 0 aliphatic carbocycles. The number of aromatic amines is 1. The number of carbonyl (C=O) groups excluding carboxylic acids is 2. The molecule has 1 amide bonds. The van der Waals surface area contributed by atoms with Crippen LogP contribution in [0.25, 0.3) is 33.2 Å². The first kappa shape index (κ1) is 23.3. The number of benzene rings is 3. The standard InChI is InChI=1S/C28H18N4O5/c29-15-21-23(17-9-3-1-4-10-17)25(18-11-5-2-6-12-18)37-27(21)30-22(33)16-36-28(35)24-19-13-7-8-14-20(19)26(34)32-31-24/h1-14H,16H2,(H,30,33)(H,32,34).